The van der Waals surface area contributed by atoms with Crippen LogP contribution in [0.4, 0.5) is 20.5 Å². The summed E-state index contributed by atoms with van der Waals surface area (Å²) in [6.07, 6.45) is 0.926. The van der Waals surface area contributed by atoms with Gasteiger partial charge in [-0.3, -0.25) is 4.57 Å². The fourth-order valence-electron chi connectivity index (χ4n) is 5.75. The van der Waals surface area contributed by atoms with Gasteiger partial charge in [0.05, 0.1) is 37.0 Å². The second kappa shape index (κ2) is 13.2. The number of para-hydroxylation sites is 2. The second-order valence-electron chi connectivity index (χ2n) is 10.7. The predicted molar refractivity (Wildman–Crippen MR) is 149 cm³/mol. The summed E-state index contributed by atoms with van der Waals surface area (Å²) in [6, 6.07) is 9.29. The van der Waals surface area contributed by atoms with Gasteiger partial charge in [-0.25, -0.2) is 13.8 Å². The maximum Gasteiger partial charge on any atom is 0.296 e. The molecule has 2 fully saturated rings. The number of ether oxygens (including phenoxy) is 2. The number of nitrogens with zero attached hydrogens (tertiary/aromatic N) is 6. The molecule has 0 radical (unpaired) electrons. The number of imidazole rings is 1. The fourth-order valence-corrected chi connectivity index (χ4v) is 5.75. The zero-order valence-electron chi connectivity index (χ0n) is 23.2. The van der Waals surface area contributed by atoms with Gasteiger partial charge in [-0.05, 0) is 50.8 Å². The number of methoxy groups -OCH3 is 1. The highest BCUT2D eigenvalue weighted by Gasteiger charge is 2.26. The van der Waals surface area contributed by atoms with Crippen LogP contribution in [-0.2, 0) is 9.47 Å². The van der Waals surface area contributed by atoms with E-state index in [1.54, 1.807) is 31.4 Å². The molecule has 2 aromatic heterocycles. The lowest BCUT2D eigenvalue weighted by Crippen LogP contribution is -2.41. The lowest BCUT2D eigenvalue weighted by Gasteiger charge is -2.35. The number of alkyl halides is 2. The molecule has 10 nitrogen and oxygen atoms in total. The summed E-state index contributed by atoms with van der Waals surface area (Å²) in [5, 5.41) is 13.5. The number of hydrogen-bond donors (Lipinski definition) is 2. The Balaban J connectivity index is 1.33. The van der Waals surface area contributed by atoms with E-state index in [2.05, 4.69) is 27.1 Å². The molecule has 40 heavy (non-hydrogen) atoms. The van der Waals surface area contributed by atoms with Crippen LogP contribution in [0.25, 0.3) is 16.9 Å². The molecule has 3 aromatic rings. The Morgan fingerprint density at radius 3 is 2.55 bits per heavy atom. The van der Waals surface area contributed by atoms with E-state index in [1.807, 2.05) is 6.07 Å². The van der Waals surface area contributed by atoms with Crippen LogP contribution in [-0.4, -0.2) is 102 Å². The van der Waals surface area contributed by atoms with Gasteiger partial charge in [-0.1, -0.05) is 12.1 Å². The quantitative estimate of drug-likeness (QED) is 0.366. The van der Waals surface area contributed by atoms with Crippen molar-refractivity contribution in [2.45, 2.75) is 44.3 Å². The monoisotopic (exact) mass is 559 g/mol. The first kappa shape index (κ1) is 28.6. The number of hydrogen-bond acceptors (Lipinski definition) is 9. The lowest BCUT2D eigenvalue weighted by atomic mass is 9.85. The first-order chi connectivity index (χ1) is 19.4. The lowest BCUT2D eigenvalue weighted by molar-refractivity contribution is 0.0280. The number of benzene rings is 1. The van der Waals surface area contributed by atoms with Gasteiger partial charge in [0.25, 0.3) is 6.43 Å². The number of rotatable bonds is 11. The zero-order chi connectivity index (χ0) is 28.1. The number of likely N-dealkylation sites (N-methyl/N-ethyl adjacent to an activating group) is 1. The number of nitrogens with one attached hydrogen (secondary N) is 1. The van der Waals surface area contributed by atoms with E-state index in [1.165, 1.54) is 4.57 Å². The third kappa shape index (κ3) is 6.68. The molecule has 0 amide bonds. The molecule has 0 bridgehead atoms. The maximum absolute atomic E-state index is 14.1. The molecule has 1 aliphatic heterocycles. The third-order valence-corrected chi connectivity index (χ3v) is 7.89. The number of aromatic nitrogens is 4. The predicted octanol–water partition coefficient (Wildman–Crippen LogP) is 3.50. The zero-order valence-corrected chi connectivity index (χ0v) is 23.2. The average Bonchev–Trinajstić information content (AvgIpc) is 3.37. The van der Waals surface area contributed by atoms with E-state index in [9.17, 15) is 13.9 Å². The largest absolute Gasteiger partial charge is 0.389 e. The van der Waals surface area contributed by atoms with Crippen LogP contribution in [0.15, 0.2) is 30.3 Å². The van der Waals surface area contributed by atoms with Gasteiger partial charge in [0, 0.05) is 45.4 Å². The molecule has 1 unspecified atom stereocenters. The van der Waals surface area contributed by atoms with E-state index < -0.39 is 12.5 Å². The molecule has 3 heterocycles. The Morgan fingerprint density at radius 1 is 1.10 bits per heavy atom. The van der Waals surface area contributed by atoms with Gasteiger partial charge in [0.15, 0.2) is 5.82 Å². The molecule has 2 aliphatic rings. The SMILES string of the molecule is COCC(O)CN(C)[C@H]1CC[C@H](CNc2nc(N3CCOCC3)cc(-n3c(C(F)F)nc4ccccc43)n2)CC1. The van der Waals surface area contributed by atoms with E-state index in [0.717, 1.165) is 25.7 Å². The molecule has 1 saturated heterocycles. The van der Waals surface area contributed by atoms with Gasteiger partial charge in [0.1, 0.15) is 11.6 Å². The minimum Gasteiger partial charge on any atom is -0.389 e. The molecular weight excluding hydrogens is 520 g/mol. The molecule has 218 valence electrons. The van der Waals surface area contributed by atoms with E-state index in [0.29, 0.717) is 86.6 Å². The van der Waals surface area contributed by atoms with E-state index in [4.69, 9.17) is 19.4 Å². The minimum absolute atomic E-state index is 0.336. The minimum atomic E-state index is -2.76. The number of aliphatic hydroxyl groups excluding tert-OH is 1. The molecule has 2 N–H and O–H groups in total. The summed E-state index contributed by atoms with van der Waals surface area (Å²) in [5.41, 5.74) is 1.07. The smallest absolute Gasteiger partial charge is 0.296 e. The highest BCUT2D eigenvalue weighted by molar-refractivity contribution is 5.78. The highest BCUT2D eigenvalue weighted by Crippen LogP contribution is 2.30. The number of aliphatic hydroxyl groups is 1. The maximum atomic E-state index is 14.1. The van der Waals surface area contributed by atoms with Crippen molar-refractivity contribution in [2.75, 3.05) is 70.4 Å². The average molecular weight is 560 g/mol. The van der Waals surface area contributed by atoms with Crippen molar-refractivity contribution in [3.63, 3.8) is 0 Å². The normalized spacial score (nSPS) is 20.9. The molecule has 1 atom stereocenters. The van der Waals surface area contributed by atoms with Crippen molar-refractivity contribution >= 4 is 22.8 Å². The number of halogens is 2. The Bertz CT molecular complexity index is 1250. The Labute approximate surface area is 233 Å². The summed E-state index contributed by atoms with van der Waals surface area (Å²) in [5.74, 6) is 1.56. The summed E-state index contributed by atoms with van der Waals surface area (Å²) < 4.78 is 40.2. The van der Waals surface area contributed by atoms with Crippen LogP contribution in [0.3, 0.4) is 0 Å². The molecule has 1 aromatic carbocycles. The molecule has 1 saturated carbocycles. The van der Waals surface area contributed by atoms with Gasteiger partial charge in [0.2, 0.25) is 5.95 Å². The van der Waals surface area contributed by atoms with Gasteiger partial charge < -0.3 is 29.7 Å². The summed E-state index contributed by atoms with van der Waals surface area (Å²) in [7, 11) is 3.65. The van der Waals surface area contributed by atoms with Gasteiger partial charge in [-0.2, -0.15) is 9.97 Å². The van der Waals surface area contributed by atoms with Crippen molar-refractivity contribution in [1.29, 1.82) is 0 Å². The van der Waals surface area contributed by atoms with Crippen LogP contribution >= 0.6 is 0 Å². The van der Waals surface area contributed by atoms with Crippen molar-refractivity contribution in [1.82, 2.24) is 24.4 Å². The molecule has 5 rings (SSSR count). The van der Waals surface area contributed by atoms with E-state index in [-0.39, 0.29) is 5.82 Å². The standard InChI is InChI=1S/C28H39F2N7O3/c1-35(17-21(38)18-39-2)20-9-7-19(8-10-20)16-31-28-33-24(36-11-13-40-14-12-36)15-25(34-28)37-23-6-4-3-5-22(23)32-27(37)26(29)30/h3-6,15,19-21,26,38H,7-14,16-18H2,1-2H3,(H,31,33,34)/t19-,20-,21?. The van der Waals surface area contributed by atoms with Crippen molar-refractivity contribution in [2.24, 2.45) is 5.92 Å². The summed E-state index contributed by atoms with van der Waals surface area (Å²) in [6.45, 7) is 4.12. The van der Waals surface area contributed by atoms with Crippen LogP contribution in [0, 0.1) is 5.92 Å². The summed E-state index contributed by atoms with van der Waals surface area (Å²) >= 11 is 0. The summed E-state index contributed by atoms with van der Waals surface area (Å²) in [4.78, 5) is 18.0. The van der Waals surface area contributed by atoms with Crippen molar-refractivity contribution in [3.05, 3.63) is 36.2 Å². The first-order valence-electron chi connectivity index (χ1n) is 14.0. The number of morpholine rings is 1. The molecular formula is C28H39F2N7O3. The third-order valence-electron chi connectivity index (χ3n) is 7.89. The Hall–Kier alpha value is -2.93. The first-order valence-corrected chi connectivity index (χ1v) is 14.0. The molecule has 0 spiro atoms. The molecule has 12 heteroatoms. The second-order valence-corrected chi connectivity index (χ2v) is 10.7. The van der Waals surface area contributed by atoms with Gasteiger partial charge in [-0.15, -0.1) is 0 Å². The Morgan fingerprint density at radius 2 is 1.82 bits per heavy atom. The molecule has 1 aliphatic carbocycles. The number of anilines is 2. The van der Waals surface area contributed by atoms with Crippen LogP contribution in [0.1, 0.15) is 37.9 Å². The van der Waals surface area contributed by atoms with Crippen LogP contribution in [0.2, 0.25) is 0 Å². The fraction of sp³-hybridized carbons (Fsp3) is 0.607. The topological polar surface area (TPSA) is 101 Å². The van der Waals surface area contributed by atoms with E-state index >= 15 is 0 Å². The number of fused-ring (bicyclic) bond motifs is 1. The van der Waals surface area contributed by atoms with Crippen LogP contribution in [0.5, 0.6) is 0 Å². The Kier molecular flexibility index (Phi) is 9.40. The van der Waals surface area contributed by atoms with Crippen molar-refractivity contribution in [3.8, 4) is 5.82 Å². The van der Waals surface area contributed by atoms with Crippen molar-refractivity contribution < 1.29 is 23.4 Å². The highest BCUT2D eigenvalue weighted by atomic mass is 19.3. The van der Waals surface area contributed by atoms with Gasteiger partial charge >= 0.3 is 0 Å². The van der Waals surface area contributed by atoms with Crippen LogP contribution < -0.4 is 10.2 Å².